The summed E-state index contributed by atoms with van der Waals surface area (Å²) >= 11 is 0. The Balaban J connectivity index is 1.54. The molecule has 0 aromatic carbocycles. The fourth-order valence-corrected chi connectivity index (χ4v) is 8.86. The number of rotatable bonds is 16. The number of hydrogen-bond acceptors (Lipinski definition) is 9. The summed E-state index contributed by atoms with van der Waals surface area (Å²) in [6, 6.07) is 8.48. The summed E-state index contributed by atoms with van der Waals surface area (Å²) in [7, 11) is -2.56. The van der Waals surface area contributed by atoms with Gasteiger partial charge in [-0.2, -0.15) is 9.61 Å². The molecule has 53 heavy (non-hydrogen) atoms. The highest BCUT2D eigenvalue weighted by molar-refractivity contribution is 6.76. The van der Waals surface area contributed by atoms with Crippen LogP contribution in [-0.4, -0.2) is 96.2 Å². The molecule has 5 heterocycles. The average molecular weight is 767 g/mol. The monoisotopic (exact) mass is 766 g/mol. The molecule has 294 valence electrons. The Bertz CT molecular complexity index is 1640. The van der Waals surface area contributed by atoms with Gasteiger partial charge in [0.1, 0.15) is 30.5 Å². The Morgan fingerprint density at radius 3 is 2.00 bits per heavy atom. The topological polar surface area (TPSA) is 115 Å². The van der Waals surface area contributed by atoms with Gasteiger partial charge < -0.3 is 29.1 Å². The van der Waals surface area contributed by atoms with E-state index in [2.05, 4.69) is 50.2 Å². The van der Waals surface area contributed by atoms with Gasteiger partial charge in [0, 0.05) is 76.4 Å². The molecule has 0 spiro atoms. The van der Waals surface area contributed by atoms with Gasteiger partial charge in [-0.1, -0.05) is 59.2 Å². The number of piperidine rings is 1. The summed E-state index contributed by atoms with van der Waals surface area (Å²) < 4.78 is 20.5. The molecule has 1 amide bonds. The molecular weight excluding hydrogens is 701 g/mol. The minimum absolute atomic E-state index is 0.109. The average Bonchev–Trinajstić information content (AvgIpc) is 3.63. The Labute approximate surface area is 319 Å². The van der Waals surface area contributed by atoms with Gasteiger partial charge in [0.05, 0.1) is 11.9 Å². The van der Waals surface area contributed by atoms with Crippen LogP contribution in [0.2, 0.25) is 51.4 Å². The van der Waals surface area contributed by atoms with Crippen LogP contribution in [0.4, 0.5) is 10.6 Å². The van der Waals surface area contributed by atoms with E-state index in [1.807, 2.05) is 68.6 Å². The molecule has 5 rings (SSSR count). The van der Waals surface area contributed by atoms with Gasteiger partial charge in [-0.05, 0) is 77.5 Å². The Kier molecular flexibility index (Phi) is 12.9. The second-order valence-corrected chi connectivity index (χ2v) is 29.9. The number of ether oxygens (including phenoxy) is 3. The van der Waals surface area contributed by atoms with Crippen molar-refractivity contribution in [3.05, 3.63) is 42.0 Å². The lowest BCUT2D eigenvalue weighted by atomic mass is 9.88. The summed E-state index contributed by atoms with van der Waals surface area (Å²) in [6.07, 6.45) is 8.24. The molecule has 2 fully saturated rings. The van der Waals surface area contributed by atoms with E-state index in [1.54, 1.807) is 0 Å². The van der Waals surface area contributed by atoms with Crippen molar-refractivity contribution in [1.82, 2.24) is 24.5 Å². The zero-order valence-corrected chi connectivity index (χ0v) is 36.4. The smallest absolute Gasteiger partial charge is 0.410 e. The fourth-order valence-electron chi connectivity index (χ4n) is 7.35. The Morgan fingerprint density at radius 1 is 0.925 bits per heavy atom. The first kappa shape index (κ1) is 41.3. The summed E-state index contributed by atoms with van der Waals surface area (Å²) in [5.74, 6) is 1.03. The number of aliphatic hydroxyl groups is 1. The van der Waals surface area contributed by atoms with Crippen LogP contribution < -0.4 is 4.90 Å². The lowest BCUT2D eigenvalue weighted by Gasteiger charge is -2.39. The van der Waals surface area contributed by atoms with Gasteiger partial charge >= 0.3 is 6.09 Å². The third kappa shape index (κ3) is 10.5. The number of hydrogen-bond donors (Lipinski definition) is 1. The van der Waals surface area contributed by atoms with Gasteiger partial charge in [0.2, 0.25) is 0 Å². The fraction of sp³-hybridized carbons (Fsp3) is 0.700. The first-order valence-electron chi connectivity index (χ1n) is 19.8. The summed E-state index contributed by atoms with van der Waals surface area (Å²) in [5.41, 5.74) is 2.65. The standard InChI is InChI=1S/C40H66N6O5Si2/c1-12-40(48,13-2)35-17-14-29(25-41-35)33-26-42-46-36(44(27-49-18-20-52(6,7)8)28-50-19-21-53(9,10)11)24-34(43-37(33)46)30-22-31-15-16-32(23-30)45(31)38(47)51-39(3,4)5/h14,17,24-26,30-32,48H,12-13,15-16,18-23,27-28H2,1-11H3/t30-,31-,32+. The largest absolute Gasteiger partial charge is 0.444 e. The maximum absolute atomic E-state index is 13.3. The Hall–Kier alpha value is -2.85. The van der Waals surface area contributed by atoms with Crippen molar-refractivity contribution in [3.63, 3.8) is 0 Å². The van der Waals surface area contributed by atoms with Crippen molar-refractivity contribution in [1.29, 1.82) is 0 Å². The van der Waals surface area contributed by atoms with Gasteiger partial charge in [-0.3, -0.25) is 4.98 Å². The predicted octanol–water partition coefficient (Wildman–Crippen LogP) is 8.88. The molecule has 13 heteroatoms. The van der Waals surface area contributed by atoms with E-state index in [-0.39, 0.29) is 24.1 Å². The second-order valence-electron chi connectivity index (χ2n) is 18.7. The SMILES string of the molecule is CCC(O)(CC)c1ccc(-c2cnn3c(N(COCC[Si](C)(C)C)COCC[Si](C)(C)C)cc([C@@H]4C[C@H]5CC[C@@H](C4)N5C(=O)OC(C)(C)C)nc23)cn1. The number of aromatic nitrogens is 4. The zero-order valence-electron chi connectivity index (χ0n) is 34.4. The molecule has 0 aliphatic carbocycles. The quantitative estimate of drug-likeness (QED) is 0.0868. The summed E-state index contributed by atoms with van der Waals surface area (Å²) in [6.45, 7) is 26.1. The second kappa shape index (κ2) is 16.5. The molecule has 11 nitrogen and oxygen atoms in total. The van der Waals surface area contributed by atoms with E-state index < -0.39 is 27.3 Å². The number of amides is 1. The molecule has 3 atom stereocenters. The molecule has 2 aliphatic heterocycles. The number of carbonyl (C=O) groups is 1. The van der Waals surface area contributed by atoms with Crippen LogP contribution in [-0.2, 0) is 19.8 Å². The summed E-state index contributed by atoms with van der Waals surface area (Å²) in [4.78, 5) is 27.6. The highest BCUT2D eigenvalue weighted by Crippen LogP contribution is 2.44. The van der Waals surface area contributed by atoms with Crippen LogP contribution in [0.1, 0.15) is 90.4 Å². The molecule has 2 bridgehead atoms. The van der Waals surface area contributed by atoms with Crippen molar-refractivity contribution in [2.45, 2.75) is 154 Å². The van der Waals surface area contributed by atoms with E-state index in [9.17, 15) is 9.90 Å². The van der Waals surface area contributed by atoms with E-state index in [0.29, 0.717) is 45.2 Å². The van der Waals surface area contributed by atoms with Crippen molar-refractivity contribution < 1.29 is 24.1 Å². The van der Waals surface area contributed by atoms with Crippen LogP contribution in [0.15, 0.2) is 30.6 Å². The molecule has 2 saturated heterocycles. The third-order valence-corrected chi connectivity index (χ3v) is 14.2. The number of anilines is 1. The van der Waals surface area contributed by atoms with Crippen molar-refractivity contribution in [3.8, 4) is 11.1 Å². The number of carbonyl (C=O) groups excluding carboxylic acids is 1. The van der Waals surface area contributed by atoms with Gasteiger partial charge in [0.25, 0.3) is 0 Å². The molecular formula is C40H66N6O5Si2. The number of fused-ring (bicyclic) bond motifs is 3. The van der Waals surface area contributed by atoms with Crippen molar-refractivity contribution in [2.24, 2.45) is 0 Å². The van der Waals surface area contributed by atoms with E-state index in [0.717, 1.165) is 66.1 Å². The molecule has 3 aromatic heterocycles. The van der Waals surface area contributed by atoms with Gasteiger partial charge in [-0.25, -0.2) is 9.78 Å². The van der Waals surface area contributed by atoms with Crippen LogP contribution in [0.3, 0.4) is 0 Å². The minimum atomic E-state index is -1.28. The molecule has 2 aliphatic rings. The van der Waals surface area contributed by atoms with Crippen LogP contribution in [0.25, 0.3) is 16.8 Å². The number of pyridine rings is 1. The Morgan fingerprint density at radius 2 is 1.51 bits per heavy atom. The lowest BCUT2D eigenvalue weighted by molar-refractivity contribution is 0.00567. The van der Waals surface area contributed by atoms with Crippen LogP contribution >= 0.6 is 0 Å². The predicted molar refractivity (Wildman–Crippen MR) is 218 cm³/mol. The maximum atomic E-state index is 13.3. The first-order valence-corrected chi connectivity index (χ1v) is 27.2. The zero-order chi connectivity index (χ0) is 38.8. The van der Waals surface area contributed by atoms with Crippen LogP contribution in [0.5, 0.6) is 0 Å². The molecule has 3 aromatic rings. The highest BCUT2D eigenvalue weighted by atomic mass is 28.3. The highest BCUT2D eigenvalue weighted by Gasteiger charge is 2.45. The first-order chi connectivity index (χ1) is 24.8. The van der Waals surface area contributed by atoms with E-state index >= 15 is 0 Å². The maximum Gasteiger partial charge on any atom is 0.410 e. The molecule has 0 saturated carbocycles. The lowest BCUT2D eigenvalue weighted by Crippen LogP contribution is -2.48. The molecule has 1 N–H and O–H groups in total. The summed E-state index contributed by atoms with van der Waals surface area (Å²) in [5, 5.41) is 16.1. The van der Waals surface area contributed by atoms with Gasteiger partial charge in [0.15, 0.2) is 5.65 Å². The van der Waals surface area contributed by atoms with Crippen LogP contribution in [0, 0.1) is 0 Å². The van der Waals surface area contributed by atoms with Crippen molar-refractivity contribution in [2.75, 3.05) is 31.6 Å². The number of nitrogens with zero attached hydrogens (tertiary/aromatic N) is 6. The van der Waals surface area contributed by atoms with E-state index in [1.165, 1.54) is 0 Å². The minimum Gasteiger partial charge on any atom is -0.444 e. The molecule has 0 unspecified atom stereocenters. The van der Waals surface area contributed by atoms with Gasteiger partial charge in [-0.15, -0.1) is 0 Å². The third-order valence-electron chi connectivity index (χ3n) is 10.8. The normalized spacial score (nSPS) is 19.6. The van der Waals surface area contributed by atoms with E-state index in [4.69, 9.17) is 29.3 Å². The molecule has 0 radical (unpaired) electrons. The van der Waals surface area contributed by atoms with Crippen molar-refractivity contribution >= 4 is 33.7 Å².